The van der Waals surface area contributed by atoms with E-state index >= 15 is 0 Å². The van der Waals surface area contributed by atoms with Crippen LogP contribution in [0.2, 0.25) is 0 Å². The minimum atomic E-state index is -4.65. The second-order valence-electron chi connectivity index (χ2n) is 6.52. The SMILES string of the molecule is Cc1cc(Nc2cc(Nc3c(C)cccc3C(N)=O)c(C(F)(F)F)cn2)n(C)n1. The van der Waals surface area contributed by atoms with E-state index in [1.807, 2.05) is 0 Å². The lowest BCUT2D eigenvalue weighted by Gasteiger charge is -2.18. The van der Waals surface area contributed by atoms with E-state index in [-0.39, 0.29) is 22.8 Å². The Morgan fingerprint density at radius 2 is 1.90 bits per heavy atom. The van der Waals surface area contributed by atoms with E-state index in [4.69, 9.17) is 5.73 Å². The number of carbonyl (C=O) groups is 1. The summed E-state index contributed by atoms with van der Waals surface area (Å²) in [5.41, 5.74) is 5.76. The molecule has 0 aliphatic rings. The van der Waals surface area contributed by atoms with E-state index in [1.165, 1.54) is 12.1 Å². The van der Waals surface area contributed by atoms with Crippen LogP contribution < -0.4 is 16.4 Å². The van der Waals surface area contributed by atoms with Gasteiger partial charge in [-0.1, -0.05) is 12.1 Å². The quantitative estimate of drug-likeness (QED) is 0.596. The fourth-order valence-corrected chi connectivity index (χ4v) is 2.89. The van der Waals surface area contributed by atoms with E-state index in [2.05, 4.69) is 20.7 Å². The van der Waals surface area contributed by atoms with Crippen molar-refractivity contribution in [2.45, 2.75) is 20.0 Å². The van der Waals surface area contributed by atoms with E-state index in [9.17, 15) is 18.0 Å². The van der Waals surface area contributed by atoms with Crippen LogP contribution in [0.5, 0.6) is 0 Å². The zero-order valence-corrected chi connectivity index (χ0v) is 15.9. The van der Waals surface area contributed by atoms with E-state index < -0.39 is 17.6 Å². The summed E-state index contributed by atoms with van der Waals surface area (Å²) in [5, 5.41) is 9.84. The van der Waals surface area contributed by atoms with Crippen LogP contribution in [0.25, 0.3) is 0 Å². The number of alkyl halides is 3. The first-order valence-electron chi connectivity index (χ1n) is 8.57. The molecule has 1 aromatic carbocycles. The molecule has 10 heteroatoms. The molecule has 0 radical (unpaired) electrons. The summed E-state index contributed by atoms with van der Waals surface area (Å²) < 4.78 is 42.1. The Balaban J connectivity index is 2.07. The molecule has 0 atom stereocenters. The maximum atomic E-state index is 13.5. The largest absolute Gasteiger partial charge is 0.419 e. The van der Waals surface area contributed by atoms with Gasteiger partial charge in [0.05, 0.1) is 28.2 Å². The lowest BCUT2D eigenvalue weighted by Crippen LogP contribution is -2.16. The van der Waals surface area contributed by atoms with Crippen molar-refractivity contribution in [1.82, 2.24) is 14.8 Å². The molecule has 29 heavy (non-hydrogen) atoms. The van der Waals surface area contributed by atoms with Crippen molar-refractivity contribution in [3.63, 3.8) is 0 Å². The van der Waals surface area contributed by atoms with Gasteiger partial charge in [0.15, 0.2) is 0 Å². The number of pyridine rings is 1. The van der Waals surface area contributed by atoms with Gasteiger partial charge in [-0.25, -0.2) is 4.98 Å². The minimum Gasteiger partial charge on any atom is -0.366 e. The van der Waals surface area contributed by atoms with Crippen LogP contribution in [0.3, 0.4) is 0 Å². The summed E-state index contributed by atoms with van der Waals surface area (Å²) in [5.74, 6) is -0.00495. The standard InChI is InChI=1S/C19H19F3N6O/c1-10-5-4-6-12(18(23)29)17(10)25-14-8-15(24-9-13(14)19(20,21)22)26-16-7-11(2)27-28(16)3/h4-9H,1-3H3,(H2,23,29)(H2,24,25,26). The molecule has 152 valence electrons. The number of nitrogens with one attached hydrogen (secondary N) is 2. The molecule has 0 unspecified atom stereocenters. The Morgan fingerprint density at radius 3 is 2.48 bits per heavy atom. The van der Waals surface area contributed by atoms with Gasteiger partial charge in [0.2, 0.25) is 0 Å². The molecular weight excluding hydrogens is 385 g/mol. The zero-order valence-electron chi connectivity index (χ0n) is 15.9. The van der Waals surface area contributed by atoms with Gasteiger partial charge in [0.25, 0.3) is 5.91 Å². The molecular formula is C19H19F3N6O. The highest BCUT2D eigenvalue weighted by Gasteiger charge is 2.34. The number of hydrogen-bond acceptors (Lipinski definition) is 5. The number of aryl methyl sites for hydroxylation is 3. The maximum absolute atomic E-state index is 13.5. The van der Waals surface area contributed by atoms with Crippen LogP contribution in [0, 0.1) is 13.8 Å². The molecule has 4 N–H and O–H groups in total. The number of primary amides is 1. The van der Waals surface area contributed by atoms with Gasteiger partial charge in [-0.2, -0.15) is 18.3 Å². The number of carbonyl (C=O) groups excluding carboxylic acids is 1. The number of nitrogens with two attached hydrogens (primary N) is 1. The third kappa shape index (κ3) is 4.31. The lowest BCUT2D eigenvalue weighted by molar-refractivity contribution is -0.137. The first-order chi connectivity index (χ1) is 13.6. The Labute approximate surface area is 164 Å². The average molecular weight is 404 g/mol. The van der Waals surface area contributed by atoms with Gasteiger partial charge >= 0.3 is 6.18 Å². The molecule has 2 heterocycles. The molecule has 2 aromatic heterocycles. The van der Waals surface area contributed by atoms with Gasteiger partial charge in [-0.15, -0.1) is 0 Å². The third-order valence-corrected chi connectivity index (χ3v) is 4.27. The molecule has 0 bridgehead atoms. The number of hydrogen-bond donors (Lipinski definition) is 3. The molecule has 0 fully saturated rings. The molecule has 7 nitrogen and oxygen atoms in total. The number of amides is 1. The summed E-state index contributed by atoms with van der Waals surface area (Å²) in [6.45, 7) is 3.46. The molecule has 0 aliphatic carbocycles. The molecule has 0 saturated heterocycles. The fraction of sp³-hybridized carbons (Fsp3) is 0.211. The predicted octanol–water partition coefficient (Wildman–Crippen LogP) is 4.04. The molecule has 0 saturated carbocycles. The molecule has 3 aromatic rings. The number of benzene rings is 1. The van der Waals surface area contributed by atoms with Gasteiger partial charge in [0, 0.05) is 25.4 Å². The van der Waals surface area contributed by atoms with Crippen molar-refractivity contribution >= 4 is 28.9 Å². The van der Waals surface area contributed by atoms with E-state index in [0.717, 1.165) is 11.9 Å². The number of para-hydroxylation sites is 1. The summed E-state index contributed by atoms with van der Waals surface area (Å²) in [6, 6.07) is 7.68. The number of rotatable bonds is 5. The van der Waals surface area contributed by atoms with Crippen LogP contribution in [0.15, 0.2) is 36.5 Å². The summed E-state index contributed by atoms with van der Waals surface area (Å²) in [6.07, 6.45) is -3.91. The van der Waals surface area contributed by atoms with Crippen molar-refractivity contribution in [3.05, 3.63) is 58.9 Å². The van der Waals surface area contributed by atoms with E-state index in [0.29, 0.717) is 11.4 Å². The summed E-state index contributed by atoms with van der Waals surface area (Å²) in [7, 11) is 1.70. The molecule has 0 aliphatic heterocycles. The smallest absolute Gasteiger partial charge is 0.366 e. The zero-order chi connectivity index (χ0) is 21.3. The van der Waals surface area contributed by atoms with Gasteiger partial charge in [-0.05, 0) is 25.5 Å². The monoisotopic (exact) mass is 404 g/mol. The first-order valence-corrected chi connectivity index (χ1v) is 8.57. The minimum absolute atomic E-state index is 0.0895. The Bertz CT molecular complexity index is 1070. The number of anilines is 4. The van der Waals surface area contributed by atoms with Crippen LogP contribution >= 0.6 is 0 Å². The molecule has 0 spiro atoms. The average Bonchev–Trinajstić information content (AvgIpc) is 2.92. The van der Waals surface area contributed by atoms with Gasteiger partial charge < -0.3 is 16.4 Å². The number of aromatic nitrogens is 3. The fourth-order valence-electron chi connectivity index (χ4n) is 2.89. The van der Waals surface area contributed by atoms with Crippen LogP contribution in [0.4, 0.5) is 36.2 Å². The van der Waals surface area contributed by atoms with Gasteiger partial charge in [-0.3, -0.25) is 9.48 Å². The Morgan fingerprint density at radius 1 is 1.17 bits per heavy atom. The van der Waals surface area contributed by atoms with Crippen molar-refractivity contribution in [2.75, 3.05) is 10.6 Å². The summed E-state index contributed by atoms with van der Waals surface area (Å²) in [4.78, 5) is 15.6. The van der Waals surface area contributed by atoms with Gasteiger partial charge in [0.1, 0.15) is 11.6 Å². The van der Waals surface area contributed by atoms with Crippen molar-refractivity contribution in [1.29, 1.82) is 0 Å². The molecule has 1 amide bonds. The second-order valence-corrected chi connectivity index (χ2v) is 6.52. The molecule has 3 rings (SSSR count). The number of nitrogens with zero attached hydrogens (tertiary/aromatic N) is 3. The normalized spacial score (nSPS) is 11.4. The van der Waals surface area contributed by atoms with Crippen molar-refractivity contribution in [2.24, 2.45) is 12.8 Å². The Kier molecular flexibility index (Phi) is 5.19. The van der Waals surface area contributed by atoms with E-state index in [1.54, 1.807) is 43.8 Å². The van der Waals surface area contributed by atoms with Crippen LogP contribution in [-0.2, 0) is 13.2 Å². The lowest BCUT2D eigenvalue weighted by atomic mass is 10.1. The topological polar surface area (TPSA) is 97.9 Å². The summed E-state index contributed by atoms with van der Waals surface area (Å²) >= 11 is 0. The van der Waals surface area contributed by atoms with Crippen molar-refractivity contribution < 1.29 is 18.0 Å². The highest BCUT2D eigenvalue weighted by Crippen LogP contribution is 2.38. The highest BCUT2D eigenvalue weighted by molar-refractivity contribution is 6.00. The Hall–Kier alpha value is -3.56. The first kappa shape index (κ1) is 20.2. The predicted molar refractivity (Wildman–Crippen MR) is 103 cm³/mol. The third-order valence-electron chi connectivity index (χ3n) is 4.27. The number of halogens is 3. The maximum Gasteiger partial charge on any atom is 0.419 e. The van der Waals surface area contributed by atoms with Crippen LogP contribution in [-0.4, -0.2) is 20.7 Å². The van der Waals surface area contributed by atoms with Crippen molar-refractivity contribution in [3.8, 4) is 0 Å². The van der Waals surface area contributed by atoms with Crippen LogP contribution in [0.1, 0.15) is 27.2 Å². The highest BCUT2D eigenvalue weighted by atomic mass is 19.4. The second kappa shape index (κ2) is 7.46.